The van der Waals surface area contributed by atoms with Gasteiger partial charge in [-0.1, -0.05) is 0 Å². The fraction of sp³-hybridized carbons (Fsp3) is 0.250. The zero-order valence-corrected chi connectivity index (χ0v) is 13.2. The number of methoxy groups -OCH3 is 1. The largest absolute Gasteiger partial charge is 0.495 e. The van der Waals surface area contributed by atoms with E-state index in [1.807, 2.05) is 29.9 Å². The van der Waals surface area contributed by atoms with E-state index in [1.165, 1.54) is 0 Å². The number of aryl methyl sites for hydroxylation is 1. The van der Waals surface area contributed by atoms with Crippen LogP contribution in [-0.4, -0.2) is 16.9 Å². The molecule has 1 aromatic carbocycles. The first-order chi connectivity index (χ1) is 8.61. The third-order valence-corrected chi connectivity index (χ3v) is 3.90. The molecule has 4 nitrogen and oxygen atoms in total. The Hall–Kier alpha value is -1.01. The van der Waals surface area contributed by atoms with E-state index in [4.69, 9.17) is 4.74 Å². The highest BCUT2D eigenvalue weighted by atomic mass is 79.9. The number of hydrogen-bond acceptors (Lipinski definition) is 3. The summed E-state index contributed by atoms with van der Waals surface area (Å²) in [6.45, 7) is 0.708. The van der Waals surface area contributed by atoms with Crippen molar-refractivity contribution in [2.24, 2.45) is 7.05 Å². The van der Waals surface area contributed by atoms with Crippen LogP contribution < -0.4 is 10.1 Å². The summed E-state index contributed by atoms with van der Waals surface area (Å²) in [5.41, 5.74) is 2.10. The molecule has 0 atom stereocenters. The summed E-state index contributed by atoms with van der Waals surface area (Å²) in [5, 5.41) is 7.48. The van der Waals surface area contributed by atoms with Gasteiger partial charge in [0.2, 0.25) is 0 Å². The predicted molar refractivity (Wildman–Crippen MR) is 78.9 cm³/mol. The monoisotopic (exact) mass is 373 g/mol. The van der Waals surface area contributed by atoms with E-state index < -0.39 is 0 Å². The summed E-state index contributed by atoms with van der Waals surface area (Å²) in [6, 6.07) is 5.89. The van der Waals surface area contributed by atoms with E-state index in [9.17, 15) is 0 Å². The van der Waals surface area contributed by atoms with Gasteiger partial charge in [-0.25, -0.2) is 0 Å². The van der Waals surface area contributed by atoms with Crippen LogP contribution >= 0.6 is 31.9 Å². The summed E-state index contributed by atoms with van der Waals surface area (Å²) < 4.78 is 9.02. The Labute approximate surface area is 123 Å². The molecule has 0 aliphatic rings. The van der Waals surface area contributed by atoms with E-state index in [0.29, 0.717) is 6.54 Å². The van der Waals surface area contributed by atoms with Gasteiger partial charge in [0.1, 0.15) is 5.75 Å². The Morgan fingerprint density at radius 1 is 1.33 bits per heavy atom. The average molecular weight is 375 g/mol. The molecule has 1 N–H and O–H groups in total. The van der Waals surface area contributed by atoms with Gasteiger partial charge in [0.05, 0.1) is 29.5 Å². The van der Waals surface area contributed by atoms with Crippen LogP contribution in [0.2, 0.25) is 0 Å². The number of aromatic nitrogens is 2. The van der Waals surface area contributed by atoms with Gasteiger partial charge in [-0.05, 0) is 44.0 Å². The van der Waals surface area contributed by atoms with Gasteiger partial charge in [-0.2, -0.15) is 5.10 Å². The van der Waals surface area contributed by atoms with E-state index in [-0.39, 0.29) is 0 Å². The van der Waals surface area contributed by atoms with Crippen molar-refractivity contribution in [1.29, 1.82) is 0 Å². The number of benzene rings is 1. The van der Waals surface area contributed by atoms with Crippen LogP contribution in [0.3, 0.4) is 0 Å². The van der Waals surface area contributed by atoms with Crippen LogP contribution in [0.25, 0.3) is 0 Å². The number of anilines is 1. The standard InChI is InChI=1S/C12H13Br2N3O/c1-17-8(3-4-16-17)7-15-11-6-12(18-2)10(14)5-9(11)13/h3-6,15H,7H2,1-2H3. The summed E-state index contributed by atoms with van der Waals surface area (Å²) in [5.74, 6) is 0.797. The summed E-state index contributed by atoms with van der Waals surface area (Å²) >= 11 is 6.97. The number of nitrogens with one attached hydrogen (secondary N) is 1. The molecule has 18 heavy (non-hydrogen) atoms. The van der Waals surface area contributed by atoms with Crippen molar-refractivity contribution >= 4 is 37.5 Å². The van der Waals surface area contributed by atoms with E-state index in [2.05, 4.69) is 42.3 Å². The fourth-order valence-corrected chi connectivity index (χ4v) is 2.88. The molecule has 0 radical (unpaired) electrons. The zero-order chi connectivity index (χ0) is 13.1. The molecule has 2 rings (SSSR count). The van der Waals surface area contributed by atoms with Gasteiger partial charge in [0, 0.05) is 23.8 Å². The van der Waals surface area contributed by atoms with Crippen molar-refractivity contribution in [1.82, 2.24) is 9.78 Å². The highest BCUT2D eigenvalue weighted by molar-refractivity contribution is 9.11. The molecule has 0 aliphatic carbocycles. The first-order valence-electron chi connectivity index (χ1n) is 5.35. The molecule has 0 fully saturated rings. The lowest BCUT2D eigenvalue weighted by Gasteiger charge is -2.12. The highest BCUT2D eigenvalue weighted by Gasteiger charge is 2.07. The number of ether oxygens (including phenoxy) is 1. The van der Waals surface area contributed by atoms with Gasteiger partial charge < -0.3 is 10.1 Å². The first-order valence-corrected chi connectivity index (χ1v) is 6.94. The lowest BCUT2D eigenvalue weighted by Crippen LogP contribution is -2.06. The lowest BCUT2D eigenvalue weighted by molar-refractivity contribution is 0.412. The average Bonchev–Trinajstić information content (AvgIpc) is 2.74. The lowest BCUT2D eigenvalue weighted by atomic mass is 10.3. The second kappa shape index (κ2) is 5.75. The Morgan fingerprint density at radius 3 is 2.72 bits per heavy atom. The fourth-order valence-electron chi connectivity index (χ4n) is 1.58. The molecule has 0 spiro atoms. The number of hydrogen-bond donors (Lipinski definition) is 1. The molecule has 1 aromatic heterocycles. The molecule has 0 saturated heterocycles. The molecule has 0 amide bonds. The van der Waals surface area contributed by atoms with E-state index >= 15 is 0 Å². The topological polar surface area (TPSA) is 39.1 Å². The van der Waals surface area contributed by atoms with Crippen LogP contribution in [0.4, 0.5) is 5.69 Å². The second-order valence-electron chi connectivity index (χ2n) is 3.77. The number of halogens is 2. The second-order valence-corrected chi connectivity index (χ2v) is 5.47. The smallest absolute Gasteiger partial charge is 0.135 e. The van der Waals surface area contributed by atoms with Crippen LogP contribution in [-0.2, 0) is 13.6 Å². The van der Waals surface area contributed by atoms with E-state index in [0.717, 1.165) is 26.1 Å². The SMILES string of the molecule is COc1cc(NCc2ccnn2C)c(Br)cc1Br. The van der Waals surface area contributed by atoms with Gasteiger partial charge in [-0.3, -0.25) is 4.68 Å². The molecular formula is C12H13Br2N3O. The predicted octanol–water partition coefficient (Wildman–Crippen LogP) is 3.57. The van der Waals surface area contributed by atoms with Crippen molar-refractivity contribution < 1.29 is 4.74 Å². The molecule has 0 bridgehead atoms. The number of rotatable bonds is 4. The highest BCUT2D eigenvalue weighted by Crippen LogP contribution is 2.34. The van der Waals surface area contributed by atoms with Crippen molar-refractivity contribution in [3.05, 3.63) is 39.0 Å². The van der Waals surface area contributed by atoms with Gasteiger partial charge >= 0.3 is 0 Å². The minimum atomic E-state index is 0.708. The normalized spacial score (nSPS) is 10.4. The van der Waals surface area contributed by atoms with Gasteiger partial charge in [-0.15, -0.1) is 0 Å². The maximum Gasteiger partial charge on any atom is 0.135 e. The Balaban J connectivity index is 2.16. The maximum atomic E-state index is 5.28. The number of nitrogens with zero attached hydrogens (tertiary/aromatic N) is 2. The van der Waals surface area contributed by atoms with Gasteiger partial charge in [0.25, 0.3) is 0 Å². The van der Waals surface area contributed by atoms with Gasteiger partial charge in [0.15, 0.2) is 0 Å². The maximum absolute atomic E-state index is 5.28. The van der Waals surface area contributed by atoms with E-state index in [1.54, 1.807) is 13.3 Å². The quantitative estimate of drug-likeness (QED) is 0.889. The molecule has 6 heteroatoms. The summed E-state index contributed by atoms with van der Waals surface area (Å²) in [7, 11) is 3.58. The summed E-state index contributed by atoms with van der Waals surface area (Å²) in [4.78, 5) is 0. The van der Waals surface area contributed by atoms with Crippen molar-refractivity contribution in [3.63, 3.8) is 0 Å². The van der Waals surface area contributed by atoms with Crippen LogP contribution in [0.1, 0.15) is 5.69 Å². The molecule has 0 saturated carbocycles. The summed E-state index contributed by atoms with van der Waals surface area (Å²) in [6.07, 6.45) is 1.79. The molecule has 2 aromatic rings. The Kier molecular flexibility index (Phi) is 4.29. The Bertz CT molecular complexity index is 554. The molecule has 0 unspecified atom stereocenters. The third kappa shape index (κ3) is 2.87. The molecule has 96 valence electrons. The minimum absolute atomic E-state index is 0.708. The molecular weight excluding hydrogens is 362 g/mol. The minimum Gasteiger partial charge on any atom is -0.495 e. The van der Waals surface area contributed by atoms with Crippen LogP contribution in [0, 0.1) is 0 Å². The third-order valence-electron chi connectivity index (χ3n) is 2.62. The van der Waals surface area contributed by atoms with Crippen molar-refractivity contribution in [3.8, 4) is 5.75 Å². The van der Waals surface area contributed by atoms with Crippen LogP contribution in [0.5, 0.6) is 5.75 Å². The van der Waals surface area contributed by atoms with Crippen molar-refractivity contribution in [2.45, 2.75) is 6.54 Å². The van der Waals surface area contributed by atoms with Crippen molar-refractivity contribution in [2.75, 3.05) is 12.4 Å². The molecule has 1 heterocycles. The van der Waals surface area contributed by atoms with Crippen LogP contribution in [0.15, 0.2) is 33.3 Å². The Morgan fingerprint density at radius 2 is 2.11 bits per heavy atom. The molecule has 0 aliphatic heterocycles. The first kappa shape index (κ1) is 13.4. The zero-order valence-electron chi connectivity index (χ0n) is 10.1.